The van der Waals surface area contributed by atoms with E-state index in [0.717, 1.165) is 21.1 Å². The number of benzene rings is 2. The van der Waals surface area contributed by atoms with Crippen molar-refractivity contribution in [2.45, 2.75) is 13.5 Å². The highest BCUT2D eigenvalue weighted by Crippen LogP contribution is 2.40. The second kappa shape index (κ2) is 8.30. The normalized spacial score (nSPS) is 16.8. The Morgan fingerprint density at radius 2 is 2.00 bits per heavy atom. The maximum absolute atomic E-state index is 12.9. The number of fused-ring (bicyclic) bond motifs is 1. The summed E-state index contributed by atoms with van der Waals surface area (Å²) < 4.78 is 17.1. The molecule has 0 atom stereocenters. The molecule has 0 bridgehead atoms. The van der Waals surface area contributed by atoms with Gasteiger partial charge in [-0.15, -0.1) is 0 Å². The van der Waals surface area contributed by atoms with E-state index < -0.39 is 0 Å². The van der Waals surface area contributed by atoms with Gasteiger partial charge in [0.1, 0.15) is 5.75 Å². The number of carbonyl (C=O) groups is 2. The molecule has 2 heterocycles. The van der Waals surface area contributed by atoms with Crippen molar-refractivity contribution in [3.05, 3.63) is 55.9 Å². The third kappa shape index (κ3) is 4.10. The Kier molecular flexibility index (Phi) is 5.76. The number of amides is 2. The maximum Gasteiger partial charge on any atom is 0.293 e. The minimum Gasteiger partial charge on any atom is -0.493 e. The molecule has 2 aliphatic heterocycles. The third-order valence-electron chi connectivity index (χ3n) is 4.30. The number of halogens is 2. The third-order valence-corrected chi connectivity index (χ3v) is 6.05. The van der Waals surface area contributed by atoms with Crippen LogP contribution in [0.3, 0.4) is 0 Å². The molecule has 2 aromatic carbocycles. The van der Waals surface area contributed by atoms with Crippen LogP contribution >= 0.6 is 39.3 Å². The molecule has 2 aliphatic rings. The zero-order valence-electron chi connectivity index (χ0n) is 15.2. The predicted octanol–water partition coefficient (Wildman–Crippen LogP) is 5.47. The van der Waals surface area contributed by atoms with Crippen LogP contribution in [-0.2, 0) is 11.3 Å². The highest BCUT2D eigenvalue weighted by Gasteiger charge is 2.36. The average Bonchev–Trinajstić information content (AvgIpc) is 3.23. The summed E-state index contributed by atoms with van der Waals surface area (Å²) in [5.41, 5.74) is 1.32. The van der Waals surface area contributed by atoms with Crippen molar-refractivity contribution >= 4 is 56.5 Å². The molecule has 4 rings (SSSR count). The molecule has 1 fully saturated rings. The van der Waals surface area contributed by atoms with Crippen molar-refractivity contribution in [3.63, 3.8) is 0 Å². The van der Waals surface area contributed by atoms with Gasteiger partial charge in [-0.25, -0.2) is 0 Å². The first-order valence-electron chi connectivity index (χ1n) is 8.72. The molecule has 0 spiro atoms. The molecular formula is C20H15BrClNO5S. The molecule has 0 aromatic heterocycles. The van der Waals surface area contributed by atoms with Crippen LogP contribution in [0, 0.1) is 0 Å². The van der Waals surface area contributed by atoms with Crippen molar-refractivity contribution in [1.29, 1.82) is 0 Å². The summed E-state index contributed by atoms with van der Waals surface area (Å²) in [6, 6.07) is 8.84. The van der Waals surface area contributed by atoms with Crippen molar-refractivity contribution in [1.82, 2.24) is 4.90 Å². The first-order chi connectivity index (χ1) is 14.0. The summed E-state index contributed by atoms with van der Waals surface area (Å²) in [5, 5.41) is 0.0471. The minimum atomic E-state index is -0.379. The molecule has 0 aliphatic carbocycles. The van der Waals surface area contributed by atoms with E-state index in [1.54, 1.807) is 18.2 Å². The van der Waals surface area contributed by atoms with E-state index in [1.165, 1.54) is 0 Å². The number of hydrogen-bond donors (Lipinski definition) is 0. The minimum absolute atomic E-state index is 0.0499. The summed E-state index contributed by atoms with van der Waals surface area (Å²) >= 11 is 10.6. The zero-order valence-corrected chi connectivity index (χ0v) is 18.4. The lowest BCUT2D eigenvalue weighted by Gasteiger charge is -2.14. The van der Waals surface area contributed by atoms with Gasteiger partial charge in [0.15, 0.2) is 11.5 Å². The maximum atomic E-state index is 12.9. The summed E-state index contributed by atoms with van der Waals surface area (Å²) in [5.74, 6) is 1.35. The molecule has 1 saturated heterocycles. The molecule has 2 amide bonds. The van der Waals surface area contributed by atoms with Gasteiger partial charge in [0, 0.05) is 21.1 Å². The van der Waals surface area contributed by atoms with E-state index in [9.17, 15) is 9.59 Å². The number of nitrogens with zero attached hydrogens (tertiary/aromatic N) is 1. The van der Waals surface area contributed by atoms with Crippen LogP contribution < -0.4 is 14.2 Å². The van der Waals surface area contributed by atoms with Gasteiger partial charge in [-0.2, -0.15) is 0 Å². The van der Waals surface area contributed by atoms with E-state index in [0.29, 0.717) is 44.9 Å². The summed E-state index contributed by atoms with van der Waals surface area (Å²) in [6.07, 6.45) is 1.67. The van der Waals surface area contributed by atoms with E-state index >= 15 is 0 Å². The second-order valence-corrected chi connectivity index (χ2v) is 8.50. The fourth-order valence-electron chi connectivity index (χ4n) is 2.95. The van der Waals surface area contributed by atoms with Crippen LogP contribution in [0.2, 0.25) is 5.02 Å². The van der Waals surface area contributed by atoms with Crippen LogP contribution in [-0.4, -0.2) is 29.4 Å². The van der Waals surface area contributed by atoms with Crippen LogP contribution in [0.5, 0.6) is 17.2 Å². The number of ether oxygens (including phenoxy) is 3. The molecule has 0 radical (unpaired) electrons. The van der Waals surface area contributed by atoms with Gasteiger partial charge >= 0.3 is 0 Å². The molecule has 2 aromatic rings. The fraction of sp³-hybridized carbons (Fsp3) is 0.200. The Labute approximate surface area is 184 Å². The van der Waals surface area contributed by atoms with E-state index in [2.05, 4.69) is 15.9 Å². The van der Waals surface area contributed by atoms with Crippen molar-refractivity contribution in [2.24, 2.45) is 0 Å². The van der Waals surface area contributed by atoms with Crippen LogP contribution in [0.4, 0.5) is 4.79 Å². The first kappa shape index (κ1) is 20.1. The van der Waals surface area contributed by atoms with E-state index in [-0.39, 0.29) is 24.5 Å². The van der Waals surface area contributed by atoms with Gasteiger partial charge < -0.3 is 14.2 Å². The van der Waals surface area contributed by atoms with Gasteiger partial charge in [-0.1, -0.05) is 27.5 Å². The Bertz CT molecular complexity index is 1040. The SMILES string of the molecule is CCOc1ccc(Br)cc1/C=C1\SC(=O)N(Cc2cc3c(cc2Cl)OCO3)C1=O. The van der Waals surface area contributed by atoms with Gasteiger partial charge in [-0.05, 0) is 54.6 Å². The molecule has 0 unspecified atom stereocenters. The molecule has 150 valence electrons. The van der Waals surface area contributed by atoms with Crippen LogP contribution in [0.15, 0.2) is 39.7 Å². The lowest BCUT2D eigenvalue weighted by atomic mass is 10.1. The van der Waals surface area contributed by atoms with Gasteiger partial charge in [0.2, 0.25) is 6.79 Å². The molecule has 0 N–H and O–H groups in total. The lowest BCUT2D eigenvalue weighted by Crippen LogP contribution is -2.27. The van der Waals surface area contributed by atoms with E-state index in [4.69, 9.17) is 25.8 Å². The zero-order chi connectivity index (χ0) is 20.5. The predicted molar refractivity (Wildman–Crippen MR) is 114 cm³/mol. The Balaban J connectivity index is 1.60. The molecule has 29 heavy (non-hydrogen) atoms. The monoisotopic (exact) mass is 495 g/mol. The average molecular weight is 497 g/mol. The van der Waals surface area contributed by atoms with Crippen molar-refractivity contribution in [2.75, 3.05) is 13.4 Å². The molecular weight excluding hydrogens is 482 g/mol. The molecule has 9 heteroatoms. The highest BCUT2D eigenvalue weighted by atomic mass is 79.9. The number of imide groups is 1. The number of thioether (sulfide) groups is 1. The van der Waals surface area contributed by atoms with Crippen molar-refractivity contribution < 1.29 is 23.8 Å². The largest absolute Gasteiger partial charge is 0.493 e. The fourth-order valence-corrected chi connectivity index (χ4v) is 4.37. The smallest absolute Gasteiger partial charge is 0.293 e. The van der Waals surface area contributed by atoms with Gasteiger partial charge in [-0.3, -0.25) is 14.5 Å². The Hall–Kier alpha value is -2.16. The topological polar surface area (TPSA) is 65.1 Å². The first-order valence-corrected chi connectivity index (χ1v) is 10.7. The summed E-state index contributed by atoms with van der Waals surface area (Å²) in [6.45, 7) is 2.55. The Morgan fingerprint density at radius 3 is 2.76 bits per heavy atom. The molecule has 0 saturated carbocycles. The quantitative estimate of drug-likeness (QED) is 0.512. The highest BCUT2D eigenvalue weighted by molar-refractivity contribution is 9.10. The summed E-state index contributed by atoms with van der Waals surface area (Å²) in [7, 11) is 0. The van der Waals surface area contributed by atoms with Crippen LogP contribution in [0.25, 0.3) is 6.08 Å². The number of carbonyl (C=O) groups excluding carboxylic acids is 2. The summed E-state index contributed by atoms with van der Waals surface area (Å²) in [4.78, 5) is 26.9. The van der Waals surface area contributed by atoms with E-state index in [1.807, 2.05) is 25.1 Å². The number of hydrogen-bond acceptors (Lipinski definition) is 6. The Morgan fingerprint density at radius 1 is 1.24 bits per heavy atom. The number of rotatable bonds is 5. The van der Waals surface area contributed by atoms with Crippen molar-refractivity contribution in [3.8, 4) is 17.2 Å². The molecule has 6 nitrogen and oxygen atoms in total. The van der Waals surface area contributed by atoms with Gasteiger partial charge in [0.05, 0.1) is 18.1 Å². The standard InChI is InChI=1S/C20H15BrClNO5S/c1-2-26-15-4-3-13(21)5-11(15)7-18-19(24)23(20(25)29-18)9-12-6-16-17(8-14(12)22)28-10-27-16/h3-8H,2,9-10H2,1H3/b18-7-. The van der Waals surface area contributed by atoms with Crippen LogP contribution in [0.1, 0.15) is 18.1 Å². The second-order valence-electron chi connectivity index (χ2n) is 6.18. The van der Waals surface area contributed by atoms with Gasteiger partial charge in [0.25, 0.3) is 11.1 Å². The lowest BCUT2D eigenvalue weighted by molar-refractivity contribution is -0.123.